The summed E-state index contributed by atoms with van der Waals surface area (Å²) in [5.41, 5.74) is -0.980. The Morgan fingerprint density at radius 3 is 2.45 bits per heavy atom. The number of hydrogen-bond acceptors (Lipinski definition) is 6. The standard InChI is InChI=1S/C19H23ClF3N5O2S/c1-10(2)25-13(29)9-27-4-6-28(7-5-27)12-8-11(19(21,22)23)16-15(26-12)14(17(20)31-16)18(30)24-3/h8,10H,4-7,9H2,1-3H3,(H,24,30)(H,25,29). The fraction of sp³-hybridized carbons (Fsp3) is 0.526. The number of carbonyl (C=O) groups is 2. The van der Waals surface area contributed by atoms with Gasteiger partial charge in [0.25, 0.3) is 5.91 Å². The summed E-state index contributed by atoms with van der Waals surface area (Å²) in [5, 5.41) is 5.22. The van der Waals surface area contributed by atoms with E-state index in [1.165, 1.54) is 7.05 Å². The lowest BCUT2D eigenvalue weighted by Gasteiger charge is -2.35. The van der Waals surface area contributed by atoms with Crippen LogP contribution < -0.4 is 15.5 Å². The number of alkyl halides is 3. The molecule has 12 heteroatoms. The highest BCUT2D eigenvalue weighted by molar-refractivity contribution is 7.23. The quantitative estimate of drug-likeness (QED) is 0.692. The van der Waals surface area contributed by atoms with E-state index in [2.05, 4.69) is 15.6 Å². The van der Waals surface area contributed by atoms with Gasteiger partial charge >= 0.3 is 6.18 Å². The predicted molar refractivity (Wildman–Crippen MR) is 115 cm³/mol. The third-order valence-electron chi connectivity index (χ3n) is 4.86. The smallest absolute Gasteiger partial charge is 0.355 e. The van der Waals surface area contributed by atoms with Crippen LogP contribution in [0.15, 0.2) is 6.07 Å². The van der Waals surface area contributed by atoms with Crippen molar-refractivity contribution in [2.24, 2.45) is 0 Å². The van der Waals surface area contributed by atoms with Gasteiger partial charge in [0, 0.05) is 39.3 Å². The van der Waals surface area contributed by atoms with Crippen molar-refractivity contribution in [3.8, 4) is 0 Å². The molecule has 0 aromatic carbocycles. The number of aromatic nitrogens is 1. The molecule has 3 rings (SSSR count). The Hall–Kier alpha value is -2.11. The van der Waals surface area contributed by atoms with Gasteiger partial charge in [-0.1, -0.05) is 11.6 Å². The highest BCUT2D eigenvalue weighted by atomic mass is 35.5. The number of thiophene rings is 1. The van der Waals surface area contributed by atoms with Crippen LogP contribution in [0.3, 0.4) is 0 Å². The summed E-state index contributed by atoms with van der Waals surface area (Å²) in [5.74, 6) is -0.550. The lowest BCUT2D eigenvalue weighted by atomic mass is 10.1. The van der Waals surface area contributed by atoms with Gasteiger partial charge in [0.2, 0.25) is 5.91 Å². The van der Waals surface area contributed by atoms with Crippen molar-refractivity contribution < 1.29 is 22.8 Å². The summed E-state index contributed by atoms with van der Waals surface area (Å²) in [7, 11) is 1.38. The van der Waals surface area contributed by atoms with E-state index in [1.54, 1.807) is 4.90 Å². The fourth-order valence-electron chi connectivity index (χ4n) is 3.43. The third kappa shape index (κ3) is 5.21. The molecule has 0 unspecified atom stereocenters. The topological polar surface area (TPSA) is 77.6 Å². The second kappa shape index (κ2) is 9.17. The summed E-state index contributed by atoms with van der Waals surface area (Å²) in [6, 6.07) is 1.04. The number of nitrogens with zero attached hydrogens (tertiary/aromatic N) is 3. The first-order valence-electron chi connectivity index (χ1n) is 9.70. The van der Waals surface area contributed by atoms with Gasteiger partial charge in [-0.2, -0.15) is 13.2 Å². The van der Waals surface area contributed by atoms with Crippen molar-refractivity contribution in [1.29, 1.82) is 0 Å². The van der Waals surface area contributed by atoms with Gasteiger partial charge in [-0.05, 0) is 19.9 Å². The second-order valence-electron chi connectivity index (χ2n) is 7.52. The largest absolute Gasteiger partial charge is 0.417 e. The maximum Gasteiger partial charge on any atom is 0.417 e. The molecule has 1 aliphatic rings. The first-order valence-corrected chi connectivity index (χ1v) is 10.9. The van der Waals surface area contributed by atoms with Crippen molar-refractivity contribution in [2.75, 3.05) is 44.7 Å². The monoisotopic (exact) mass is 477 g/mol. The zero-order valence-corrected chi connectivity index (χ0v) is 18.8. The van der Waals surface area contributed by atoms with E-state index in [9.17, 15) is 22.8 Å². The van der Waals surface area contributed by atoms with E-state index < -0.39 is 17.6 Å². The van der Waals surface area contributed by atoms with Crippen LogP contribution in [-0.2, 0) is 11.0 Å². The molecule has 3 heterocycles. The molecule has 170 valence electrons. The molecule has 0 spiro atoms. The number of amides is 2. The number of piperazine rings is 1. The van der Waals surface area contributed by atoms with Crippen LogP contribution in [-0.4, -0.2) is 67.5 Å². The number of hydrogen-bond donors (Lipinski definition) is 2. The molecular weight excluding hydrogens is 455 g/mol. The molecule has 0 bridgehead atoms. The molecule has 0 aliphatic carbocycles. The molecular formula is C19H23ClF3N5O2S. The van der Waals surface area contributed by atoms with Gasteiger partial charge < -0.3 is 15.5 Å². The van der Waals surface area contributed by atoms with E-state index in [0.29, 0.717) is 37.5 Å². The molecule has 2 aromatic heterocycles. The van der Waals surface area contributed by atoms with Crippen molar-refractivity contribution in [3.63, 3.8) is 0 Å². The number of fused-ring (bicyclic) bond motifs is 1. The summed E-state index contributed by atoms with van der Waals surface area (Å²) < 4.78 is 41.1. The molecule has 2 amide bonds. The second-order valence-corrected chi connectivity index (χ2v) is 9.14. The number of nitrogens with one attached hydrogen (secondary N) is 2. The van der Waals surface area contributed by atoms with E-state index in [0.717, 1.165) is 6.07 Å². The number of halogens is 4. The summed E-state index contributed by atoms with van der Waals surface area (Å²) in [6.07, 6.45) is -4.62. The number of pyridine rings is 1. The molecule has 1 aliphatic heterocycles. The average Bonchev–Trinajstić information content (AvgIpc) is 3.01. The van der Waals surface area contributed by atoms with Crippen LogP contribution in [0.25, 0.3) is 10.2 Å². The first-order chi connectivity index (χ1) is 14.5. The van der Waals surface area contributed by atoms with Gasteiger partial charge in [-0.3, -0.25) is 14.5 Å². The minimum Gasteiger partial charge on any atom is -0.355 e. The van der Waals surface area contributed by atoms with Crippen molar-refractivity contribution >= 4 is 50.8 Å². The van der Waals surface area contributed by atoms with E-state index in [-0.39, 0.29) is 44.4 Å². The minimum absolute atomic E-state index is 0.0366. The summed E-state index contributed by atoms with van der Waals surface area (Å²) in [6.45, 7) is 5.78. The number of anilines is 1. The maximum absolute atomic E-state index is 13.8. The Morgan fingerprint density at radius 1 is 1.26 bits per heavy atom. The van der Waals surface area contributed by atoms with Gasteiger partial charge in [0.15, 0.2) is 0 Å². The van der Waals surface area contributed by atoms with Gasteiger partial charge in [0.05, 0.1) is 27.9 Å². The Labute approximate surface area is 186 Å². The number of rotatable bonds is 5. The lowest BCUT2D eigenvalue weighted by molar-refractivity contribution is -0.136. The van der Waals surface area contributed by atoms with Crippen LogP contribution in [0.4, 0.5) is 19.0 Å². The molecule has 1 fully saturated rings. The molecule has 2 N–H and O–H groups in total. The van der Waals surface area contributed by atoms with Gasteiger partial charge in [-0.15, -0.1) is 11.3 Å². The van der Waals surface area contributed by atoms with Crippen LogP contribution >= 0.6 is 22.9 Å². The first kappa shape index (κ1) is 23.6. The van der Waals surface area contributed by atoms with E-state index in [4.69, 9.17) is 11.6 Å². The number of carbonyl (C=O) groups excluding carboxylic acids is 2. The average molecular weight is 478 g/mol. The Kier molecular flexibility index (Phi) is 6.97. The van der Waals surface area contributed by atoms with Crippen LogP contribution in [0.5, 0.6) is 0 Å². The maximum atomic E-state index is 13.8. The molecule has 0 radical (unpaired) electrons. The van der Waals surface area contributed by atoms with Crippen molar-refractivity contribution in [3.05, 3.63) is 21.5 Å². The Morgan fingerprint density at radius 2 is 1.90 bits per heavy atom. The van der Waals surface area contributed by atoms with E-state index in [1.807, 2.05) is 18.7 Å². The SMILES string of the molecule is CNC(=O)c1c(Cl)sc2c(C(F)(F)F)cc(N3CCN(CC(=O)NC(C)C)CC3)nc12. The molecule has 31 heavy (non-hydrogen) atoms. The Balaban J connectivity index is 1.89. The zero-order valence-electron chi connectivity index (χ0n) is 17.3. The van der Waals surface area contributed by atoms with Crippen molar-refractivity contribution in [2.45, 2.75) is 26.1 Å². The normalized spacial score (nSPS) is 15.5. The molecule has 1 saturated heterocycles. The lowest BCUT2D eigenvalue weighted by Crippen LogP contribution is -2.50. The predicted octanol–water partition coefficient (Wildman–Crippen LogP) is 2.97. The van der Waals surface area contributed by atoms with Gasteiger partial charge in [-0.25, -0.2) is 4.98 Å². The van der Waals surface area contributed by atoms with Crippen LogP contribution in [0, 0.1) is 0 Å². The fourth-order valence-corrected chi connectivity index (χ4v) is 4.83. The third-order valence-corrected chi connectivity index (χ3v) is 6.28. The summed E-state index contributed by atoms with van der Waals surface area (Å²) in [4.78, 5) is 32.2. The van der Waals surface area contributed by atoms with Gasteiger partial charge in [0.1, 0.15) is 10.2 Å². The Bertz CT molecular complexity index is 987. The molecule has 7 nitrogen and oxygen atoms in total. The zero-order chi connectivity index (χ0) is 22.9. The molecule has 0 atom stereocenters. The molecule has 0 saturated carbocycles. The van der Waals surface area contributed by atoms with Crippen LogP contribution in [0.1, 0.15) is 29.8 Å². The van der Waals surface area contributed by atoms with Crippen LogP contribution in [0.2, 0.25) is 4.34 Å². The minimum atomic E-state index is -4.62. The van der Waals surface area contributed by atoms with E-state index >= 15 is 0 Å². The highest BCUT2D eigenvalue weighted by Gasteiger charge is 2.37. The van der Waals surface area contributed by atoms with Crippen molar-refractivity contribution in [1.82, 2.24) is 20.5 Å². The highest BCUT2D eigenvalue weighted by Crippen LogP contribution is 2.43. The molecule has 2 aromatic rings. The summed E-state index contributed by atoms with van der Waals surface area (Å²) >= 11 is 6.79.